The van der Waals surface area contributed by atoms with Crippen molar-refractivity contribution in [3.8, 4) is 0 Å². The zero-order chi connectivity index (χ0) is 10.6. The Balaban J connectivity index is 4.72. The summed E-state index contributed by atoms with van der Waals surface area (Å²) in [5, 5.41) is 0. The summed E-state index contributed by atoms with van der Waals surface area (Å²) < 4.78 is 17.8. The third-order valence-corrected chi connectivity index (χ3v) is 1.91. The van der Waals surface area contributed by atoms with E-state index in [1.807, 2.05) is 20.8 Å². The number of allylic oxidation sites excluding steroid dienone is 1. The predicted octanol–water partition coefficient (Wildman–Crippen LogP) is 2.84. The van der Waals surface area contributed by atoms with Gasteiger partial charge in [-0.15, -0.1) is 0 Å². The van der Waals surface area contributed by atoms with Gasteiger partial charge >= 0.3 is 5.97 Å². The van der Waals surface area contributed by atoms with Crippen LogP contribution in [0, 0.1) is 5.41 Å². The maximum atomic E-state index is 13.3. The van der Waals surface area contributed by atoms with E-state index in [1.165, 1.54) is 0 Å². The first-order valence-electron chi connectivity index (χ1n) is 4.34. The lowest BCUT2D eigenvalue weighted by atomic mass is 9.87. The van der Waals surface area contributed by atoms with Crippen LogP contribution in [0.4, 0.5) is 4.39 Å². The maximum Gasteiger partial charge on any atom is 0.367 e. The molecule has 0 amide bonds. The lowest BCUT2D eigenvalue weighted by molar-refractivity contribution is -0.140. The van der Waals surface area contributed by atoms with Gasteiger partial charge in [-0.1, -0.05) is 20.8 Å². The summed E-state index contributed by atoms with van der Waals surface area (Å²) >= 11 is 0. The van der Waals surface area contributed by atoms with Crippen molar-refractivity contribution in [1.29, 1.82) is 0 Å². The number of rotatable bonds is 2. The average Bonchev–Trinajstić information content (AvgIpc) is 2.00. The summed E-state index contributed by atoms with van der Waals surface area (Å²) in [4.78, 5) is 11.0. The van der Waals surface area contributed by atoms with Gasteiger partial charge in [-0.2, -0.15) is 4.39 Å². The molecule has 0 bridgehead atoms. The van der Waals surface area contributed by atoms with Crippen LogP contribution in [0.1, 0.15) is 34.6 Å². The number of halogens is 1. The van der Waals surface area contributed by atoms with E-state index in [9.17, 15) is 9.18 Å². The van der Waals surface area contributed by atoms with Crippen LogP contribution < -0.4 is 0 Å². The van der Waals surface area contributed by atoms with Gasteiger partial charge in [0.15, 0.2) is 0 Å². The lowest BCUT2D eigenvalue weighted by Crippen LogP contribution is -2.14. The predicted molar refractivity (Wildman–Crippen MR) is 49.9 cm³/mol. The molecule has 0 aliphatic carbocycles. The highest BCUT2D eigenvalue weighted by Crippen LogP contribution is 2.28. The Bertz CT molecular complexity index is 224. The van der Waals surface area contributed by atoms with Gasteiger partial charge in [0, 0.05) is 0 Å². The van der Waals surface area contributed by atoms with Crippen LogP contribution in [0.2, 0.25) is 0 Å². The van der Waals surface area contributed by atoms with Gasteiger partial charge < -0.3 is 4.74 Å². The Morgan fingerprint density at radius 2 is 1.85 bits per heavy atom. The molecule has 0 aliphatic heterocycles. The summed E-state index contributed by atoms with van der Waals surface area (Å²) in [5.41, 5.74) is 0.0857. The van der Waals surface area contributed by atoms with Crippen LogP contribution in [0.25, 0.3) is 0 Å². The molecule has 0 unspecified atom stereocenters. The van der Waals surface area contributed by atoms with Gasteiger partial charge in [-0.05, 0) is 24.8 Å². The van der Waals surface area contributed by atoms with Crippen molar-refractivity contribution < 1.29 is 13.9 Å². The molecular formula is C10H17FO2. The number of ether oxygens (including phenoxy) is 1. The van der Waals surface area contributed by atoms with Gasteiger partial charge in [0.2, 0.25) is 5.83 Å². The minimum absolute atomic E-state index is 0.198. The number of esters is 1. The molecule has 13 heavy (non-hydrogen) atoms. The summed E-state index contributed by atoms with van der Waals surface area (Å²) in [7, 11) is 0. The molecular weight excluding hydrogens is 171 g/mol. The topological polar surface area (TPSA) is 26.3 Å². The van der Waals surface area contributed by atoms with Crippen molar-refractivity contribution in [3.05, 3.63) is 11.4 Å². The Kier molecular flexibility index (Phi) is 4.11. The van der Waals surface area contributed by atoms with E-state index in [-0.39, 0.29) is 12.0 Å². The summed E-state index contributed by atoms with van der Waals surface area (Å²) in [6, 6.07) is 0. The van der Waals surface area contributed by atoms with Crippen LogP contribution >= 0.6 is 0 Å². The molecule has 0 fully saturated rings. The molecule has 0 aromatic rings. The van der Waals surface area contributed by atoms with Crippen molar-refractivity contribution in [2.24, 2.45) is 5.41 Å². The normalized spacial score (nSPS) is 13.7. The van der Waals surface area contributed by atoms with Crippen molar-refractivity contribution in [2.45, 2.75) is 34.6 Å². The largest absolute Gasteiger partial charge is 0.461 e. The third kappa shape index (κ3) is 3.57. The van der Waals surface area contributed by atoms with Crippen molar-refractivity contribution in [1.82, 2.24) is 0 Å². The van der Waals surface area contributed by atoms with Gasteiger partial charge in [-0.25, -0.2) is 4.79 Å². The summed E-state index contributed by atoms with van der Waals surface area (Å²) in [6.45, 7) is 9.00. The molecule has 0 aliphatic rings. The minimum atomic E-state index is -0.866. The highest BCUT2D eigenvalue weighted by molar-refractivity contribution is 5.86. The molecule has 0 saturated heterocycles. The van der Waals surface area contributed by atoms with E-state index in [2.05, 4.69) is 4.74 Å². The molecule has 0 heterocycles. The van der Waals surface area contributed by atoms with Crippen LogP contribution in [-0.2, 0) is 9.53 Å². The molecule has 0 saturated carbocycles. The fraction of sp³-hybridized carbons (Fsp3) is 0.700. The van der Waals surface area contributed by atoms with Gasteiger partial charge in [-0.3, -0.25) is 0 Å². The van der Waals surface area contributed by atoms with Crippen LogP contribution in [0.5, 0.6) is 0 Å². The average molecular weight is 188 g/mol. The van der Waals surface area contributed by atoms with E-state index >= 15 is 0 Å². The molecule has 0 rings (SSSR count). The first-order valence-corrected chi connectivity index (χ1v) is 4.34. The highest BCUT2D eigenvalue weighted by atomic mass is 19.1. The highest BCUT2D eigenvalue weighted by Gasteiger charge is 2.22. The smallest absolute Gasteiger partial charge is 0.367 e. The summed E-state index contributed by atoms with van der Waals surface area (Å²) in [5.74, 6) is -1.63. The Hall–Kier alpha value is -0.860. The minimum Gasteiger partial charge on any atom is -0.461 e. The van der Waals surface area contributed by atoms with Crippen LogP contribution in [0.15, 0.2) is 11.4 Å². The second kappa shape index (κ2) is 4.40. The van der Waals surface area contributed by atoms with Gasteiger partial charge in [0.25, 0.3) is 0 Å². The van der Waals surface area contributed by atoms with Crippen molar-refractivity contribution >= 4 is 5.97 Å². The molecule has 0 radical (unpaired) electrons. The standard InChI is InChI=1S/C10H17FO2/c1-6-13-9(12)8(11)7(2)10(3,4)5/h6H2,1-5H3/b8-7-. The van der Waals surface area contributed by atoms with Crippen LogP contribution in [-0.4, -0.2) is 12.6 Å². The Morgan fingerprint density at radius 3 is 2.15 bits per heavy atom. The van der Waals surface area contributed by atoms with Crippen molar-refractivity contribution in [3.63, 3.8) is 0 Å². The van der Waals surface area contributed by atoms with E-state index < -0.39 is 11.8 Å². The second-order valence-electron chi connectivity index (χ2n) is 3.91. The number of carbonyl (C=O) groups excluding carboxylic acids is 1. The fourth-order valence-corrected chi connectivity index (χ4v) is 0.677. The third-order valence-electron chi connectivity index (χ3n) is 1.91. The van der Waals surface area contributed by atoms with E-state index in [1.54, 1.807) is 13.8 Å². The van der Waals surface area contributed by atoms with Crippen molar-refractivity contribution in [2.75, 3.05) is 6.61 Å². The monoisotopic (exact) mass is 188 g/mol. The fourth-order valence-electron chi connectivity index (χ4n) is 0.677. The molecule has 0 N–H and O–H groups in total. The quantitative estimate of drug-likeness (QED) is 0.492. The van der Waals surface area contributed by atoms with Gasteiger partial charge in [0.05, 0.1) is 6.61 Å². The van der Waals surface area contributed by atoms with E-state index in [0.717, 1.165) is 0 Å². The number of carbonyl (C=O) groups is 1. The summed E-state index contributed by atoms with van der Waals surface area (Å²) in [6.07, 6.45) is 0. The molecule has 3 heteroatoms. The van der Waals surface area contributed by atoms with E-state index in [4.69, 9.17) is 0 Å². The molecule has 0 aromatic heterocycles. The maximum absolute atomic E-state index is 13.3. The molecule has 0 aromatic carbocycles. The lowest BCUT2D eigenvalue weighted by Gasteiger charge is -2.19. The molecule has 2 nitrogen and oxygen atoms in total. The zero-order valence-electron chi connectivity index (χ0n) is 8.90. The molecule has 76 valence electrons. The SMILES string of the molecule is CCOC(=O)/C(F)=C(\C)C(C)(C)C. The first-order chi connectivity index (χ1) is 5.80. The number of hydrogen-bond donors (Lipinski definition) is 0. The van der Waals surface area contributed by atoms with Crippen LogP contribution in [0.3, 0.4) is 0 Å². The Labute approximate surface area is 78.8 Å². The zero-order valence-corrected chi connectivity index (χ0v) is 8.90. The van der Waals surface area contributed by atoms with E-state index in [0.29, 0.717) is 5.57 Å². The first kappa shape index (κ1) is 12.1. The Morgan fingerprint density at radius 1 is 1.38 bits per heavy atom. The molecule has 0 spiro atoms. The van der Waals surface area contributed by atoms with Gasteiger partial charge in [0.1, 0.15) is 0 Å². The molecule has 0 atom stereocenters. The second-order valence-corrected chi connectivity index (χ2v) is 3.91. The number of hydrogen-bond acceptors (Lipinski definition) is 2.